The highest BCUT2D eigenvalue weighted by Crippen LogP contribution is 2.40. The van der Waals surface area contributed by atoms with Gasteiger partial charge >= 0.3 is 5.97 Å². The molecule has 4 nitrogen and oxygen atoms in total. The predicted octanol–water partition coefficient (Wildman–Crippen LogP) is 2.04. The van der Waals surface area contributed by atoms with Gasteiger partial charge in [-0.05, 0) is 25.7 Å². The normalized spacial score (nSPS) is 27.1. The Kier molecular flexibility index (Phi) is 2.74. The number of hydrogen-bond acceptors (Lipinski definition) is 4. The summed E-state index contributed by atoms with van der Waals surface area (Å²) in [4.78, 5) is 23.6. The molecule has 88 valence electrons. The molecule has 0 aromatic carbocycles. The summed E-state index contributed by atoms with van der Waals surface area (Å²) in [6.45, 7) is 1.70. The summed E-state index contributed by atoms with van der Waals surface area (Å²) in [7, 11) is 0. The van der Waals surface area contributed by atoms with Gasteiger partial charge in [-0.1, -0.05) is 6.92 Å². The van der Waals surface area contributed by atoms with Crippen LogP contribution in [0.2, 0.25) is 0 Å². The largest absolute Gasteiger partial charge is 0.511 e. The number of esters is 1. The molecule has 16 heavy (non-hydrogen) atoms. The average Bonchev–Trinajstić information content (AvgIpc) is 2.64. The van der Waals surface area contributed by atoms with E-state index >= 15 is 0 Å². The number of rotatable bonds is 1. The van der Waals surface area contributed by atoms with Gasteiger partial charge in [0, 0.05) is 6.42 Å². The number of carbonyl (C=O) groups is 2. The topological polar surface area (TPSA) is 63.6 Å². The molecule has 4 heteroatoms. The fourth-order valence-corrected chi connectivity index (χ4v) is 2.53. The molecule has 0 atom stereocenters. The molecule has 1 aliphatic heterocycles. The first kappa shape index (κ1) is 11.2. The highest BCUT2D eigenvalue weighted by Gasteiger charge is 2.46. The molecule has 1 spiro atoms. The Bertz CT molecular complexity index is 339. The number of ether oxygens (including phenoxy) is 1. The van der Waals surface area contributed by atoms with Gasteiger partial charge in [0.1, 0.15) is 16.9 Å². The maximum absolute atomic E-state index is 11.8. The molecule has 1 saturated carbocycles. The van der Waals surface area contributed by atoms with Gasteiger partial charge in [0.15, 0.2) is 5.78 Å². The fourth-order valence-electron chi connectivity index (χ4n) is 2.53. The molecular weight excluding hydrogens is 208 g/mol. The van der Waals surface area contributed by atoms with Crippen LogP contribution < -0.4 is 0 Å². The molecule has 0 aromatic rings. The second-order valence-corrected chi connectivity index (χ2v) is 4.55. The van der Waals surface area contributed by atoms with Crippen LogP contribution in [-0.4, -0.2) is 22.5 Å². The zero-order valence-corrected chi connectivity index (χ0v) is 9.41. The number of Topliss-reactive ketones (excluding diaryl/α,β-unsaturated/α-hetero) is 1. The quantitative estimate of drug-likeness (QED) is 0.320. The standard InChI is InChI=1S/C12H16O4/c1-2-8(13)10-9(14)7-12(16-11(10)15)5-3-4-6-12/h13H,2-7H2,1H3. The lowest BCUT2D eigenvalue weighted by molar-refractivity contribution is -0.162. The lowest BCUT2D eigenvalue weighted by atomic mass is 9.88. The Morgan fingerprint density at radius 2 is 2.00 bits per heavy atom. The third-order valence-electron chi connectivity index (χ3n) is 3.41. The number of allylic oxidation sites excluding steroid dienone is 1. The van der Waals surface area contributed by atoms with Gasteiger partial charge < -0.3 is 9.84 Å². The van der Waals surface area contributed by atoms with Crippen molar-refractivity contribution in [1.29, 1.82) is 0 Å². The minimum atomic E-state index is -0.641. The molecule has 0 radical (unpaired) electrons. The van der Waals surface area contributed by atoms with Crippen molar-refractivity contribution in [2.45, 2.75) is 51.0 Å². The number of ketones is 1. The van der Waals surface area contributed by atoms with E-state index in [1.807, 2.05) is 0 Å². The van der Waals surface area contributed by atoms with Crippen molar-refractivity contribution in [3.63, 3.8) is 0 Å². The summed E-state index contributed by atoms with van der Waals surface area (Å²) < 4.78 is 5.36. The first-order chi connectivity index (χ1) is 7.58. The molecule has 1 heterocycles. The molecule has 1 aliphatic carbocycles. The molecule has 0 aromatic heterocycles. The molecule has 0 unspecified atom stereocenters. The summed E-state index contributed by atoms with van der Waals surface area (Å²) in [5.74, 6) is -1.06. The summed E-state index contributed by atoms with van der Waals surface area (Å²) in [5.41, 5.74) is -0.703. The molecule has 2 aliphatic rings. The minimum Gasteiger partial charge on any atom is -0.511 e. The fraction of sp³-hybridized carbons (Fsp3) is 0.667. The molecule has 2 rings (SSSR count). The maximum atomic E-state index is 11.8. The van der Waals surface area contributed by atoms with Crippen LogP contribution in [0.1, 0.15) is 45.4 Å². The molecule has 0 amide bonds. The molecular formula is C12H16O4. The van der Waals surface area contributed by atoms with Gasteiger partial charge in [-0.25, -0.2) is 4.79 Å². The zero-order chi connectivity index (χ0) is 11.8. The van der Waals surface area contributed by atoms with E-state index in [-0.39, 0.29) is 30.0 Å². The summed E-state index contributed by atoms with van der Waals surface area (Å²) in [5, 5.41) is 9.51. The maximum Gasteiger partial charge on any atom is 0.345 e. The number of aliphatic hydroxyl groups is 1. The van der Waals surface area contributed by atoms with Gasteiger partial charge in [-0.3, -0.25) is 4.79 Å². The van der Waals surface area contributed by atoms with Crippen LogP contribution >= 0.6 is 0 Å². The number of carbonyl (C=O) groups excluding carboxylic acids is 2. The lowest BCUT2D eigenvalue weighted by Gasteiger charge is -2.33. The van der Waals surface area contributed by atoms with Gasteiger partial charge in [0.25, 0.3) is 0 Å². The van der Waals surface area contributed by atoms with Crippen LogP contribution in [0.3, 0.4) is 0 Å². The van der Waals surface area contributed by atoms with Crippen LogP contribution in [-0.2, 0) is 14.3 Å². The Morgan fingerprint density at radius 1 is 1.38 bits per heavy atom. The smallest absolute Gasteiger partial charge is 0.345 e. The van der Waals surface area contributed by atoms with E-state index in [0.717, 1.165) is 25.7 Å². The van der Waals surface area contributed by atoms with Crippen molar-refractivity contribution >= 4 is 11.8 Å². The summed E-state index contributed by atoms with van der Waals surface area (Å²) >= 11 is 0. The van der Waals surface area contributed by atoms with E-state index in [9.17, 15) is 14.7 Å². The highest BCUT2D eigenvalue weighted by molar-refractivity contribution is 6.19. The van der Waals surface area contributed by atoms with Crippen molar-refractivity contribution < 1.29 is 19.4 Å². The van der Waals surface area contributed by atoms with Crippen LogP contribution in [0.5, 0.6) is 0 Å². The number of aliphatic hydroxyl groups excluding tert-OH is 1. The van der Waals surface area contributed by atoms with Gasteiger partial charge in [-0.15, -0.1) is 0 Å². The molecule has 1 saturated heterocycles. The molecule has 1 N–H and O–H groups in total. The van der Waals surface area contributed by atoms with E-state index in [1.54, 1.807) is 6.92 Å². The van der Waals surface area contributed by atoms with Gasteiger partial charge in [-0.2, -0.15) is 0 Å². The molecule has 2 fully saturated rings. The average molecular weight is 224 g/mol. The second-order valence-electron chi connectivity index (χ2n) is 4.55. The van der Waals surface area contributed by atoms with E-state index in [4.69, 9.17) is 4.74 Å². The third-order valence-corrected chi connectivity index (χ3v) is 3.41. The monoisotopic (exact) mass is 224 g/mol. The Hall–Kier alpha value is -1.32. The highest BCUT2D eigenvalue weighted by atomic mass is 16.6. The molecule has 0 bridgehead atoms. The van der Waals surface area contributed by atoms with Crippen molar-refractivity contribution in [2.24, 2.45) is 0 Å². The van der Waals surface area contributed by atoms with Crippen molar-refractivity contribution in [3.8, 4) is 0 Å². The lowest BCUT2D eigenvalue weighted by Crippen LogP contribution is -2.42. The van der Waals surface area contributed by atoms with Crippen LogP contribution in [0.4, 0.5) is 0 Å². The van der Waals surface area contributed by atoms with Crippen molar-refractivity contribution in [1.82, 2.24) is 0 Å². The SMILES string of the molecule is CCC(O)=C1C(=O)CC2(CCCC2)OC1=O. The van der Waals surface area contributed by atoms with Crippen molar-refractivity contribution in [2.75, 3.05) is 0 Å². The Morgan fingerprint density at radius 3 is 2.50 bits per heavy atom. The Balaban J connectivity index is 2.27. The van der Waals surface area contributed by atoms with Crippen LogP contribution in [0, 0.1) is 0 Å². The zero-order valence-electron chi connectivity index (χ0n) is 9.41. The van der Waals surface area contributed by atoms with Crippen molar-refractivity contribution in [3.05, 3.63) is 11.3 Å². The van der Waals surface area contributed by atoms with E-state index in [1.165, 1.54) is 0 Å². The van der Waals surface area contributed by atoms with E-state index < -0.39 is 11.6 Å². The first-order valence-corrected chi connectivity index (χ1v) is 5.76. The van der Waals surface area contributed by atoms with Gasteiger partial charge in [0.05, 0.1) is 6.42 Å². The van der Waals surface area contributed by atoms with Gasteiger partial charge in [0.2, 0.25) is 0 Å². The Labute approximate surface area is 94.3 Å². The summed E-state index contributed by atoms with van der Waals surface area (Å²) in [6.07, 6.45) is 4.05. The third kappa shape index (κ3) is 1.72. The van der Waals surface area contributed by atoms with E-state index in [2.05, 4.69) is 0 Å². The predicted molar refractivity (Wildman–Crippen MR) is 56.9 cm³/mol. The number of hydrogen-bond donors (Lipinski definition) is 1. The van der Waals surface area contributed by atoms with E-state index in [0.29, 0.717) is 0 Å². The van der Waals surface area contributed by atoms with Crippen LogP contribution in [0.15, 0.2) is 11.3 Å². The minimum absolute atomic E-state index is 0.139. The van der Waals surface area contributed by atoms with Crippen LogP contribution in [0.25, 0.3) is 0 Å². The summed E-state index contributed by atoms with van der Waals surface area (Å²) in [6, 6.07) is 0. The second kappa shape index (κ2) is 3.92. The first-order valence-electron chi connectivity index (χ1n) is 5.76.